The number of carbonyl (C=O) groups excluding carboxylic acids is 1. The Hall–Kier alpha value is -0.690. The van der Waals surface area contributed by atoms with Crippen molar-refractivity contribution in [2.24, 2.45) is 0 Å². The Morgan fingerprint density at radius 1 is 0.292 bits per heavy atom. The van der Waals surface area contributed by atoms with Gasteiger partial charge in [0.05, 0.1) is 18.8 Å². The van der Waals surface area contributed by atoms with Crippen LogP contribution in [0.2, 0.25) is 0 Å². The van der Waals surface area contributed by atoms with Crippen LogP contribution in [-0.4, -0.2) is 57.3 Å². The molecule has 0 radical (unpaired) electrons. The molecule has 0 aromatic carbocycles. The van der Waals surface area contributed by atoms with Crippen LogP contribution >= 0.6 is 0 Å². The SMILES string of the molecule is CCCCCCCCCCCCCCCCCCCCCCCCCCCCCCC(O)C(=O)NC(CO)C(O)C(O)CCCCCCCCCCCCCCCCCCCCCCCCCCCCCC. The fourth-order valence-corrected chi connectivity index (χ4v) is 11.1. The predicted octanol–water partition coefficient (Wildman–Crippen LogP) is 20.2. The first-order valence-electron chi connectivity index (χ1n) is 33.4. The highest BCUT2D eigenvalue weighted by Crippen LogP contribution is 2.20. The number of aliphatic hydroxyl groups excluding tert-OH is 4. The van der Waals surface area contributed by atoms with Crippen LogP contribution in [-0.2, 0) is 4.79 Å². The Kier molecular flexibility index (Phi) is 60.6. The Morgan fingerprint density at radius 3 is 0.667 bits per heavy atom. The fourth-order valence-electron chi connectivity index (χ4n) is 11.1. The minimum atomic E-state index is -1.26. The molecule has 4 unspecified atom stereocenters. The van der Waals surface area contributed by atoms with Crippen LogP contribution in [0.4, 0.5) is 0 Å². The van der Waals surface area contributed by atoms with Crippen molar-refractivity contribution in [2.45, 2.75) is 411 Å². The zero-order valence-corrected chi connectivity index (χ0v) is 49.2. The normalized spacial score (nSPS) is 13.5. The number of hydrogen-bond acceptors (Lipinski definition) is 5. The molecule has 4 atom stereocenters. The second kappa shape index (κ2) is 61.2. The Labute approximate surface area is 451 Å². The largest absolute Gasteiger partial charge is 0.394 e. The van der Waals surface area contributed by atoms with Gasteiger partial charge in [-0.15, -0.1) is 0 Å². The summed E-state index contributed by atoms with van der Waals surface area (Å²) in [5.74, 6) is -0.573. The molecule has 0 aliphatic rings. The van der Waals surface area contributed by atoms with Crippen LogP contribution < -0.4 is 5.32 Å². The lowest BCUT2D eigenvalue weighted by Crippen LogP contribution is -2.53. The molecule has 0 heterocycles. The summed E-state index contributed by atoms with van der Waals surface area (Å²) in [6.45, 7) is 4.12. The smallest absolute Gasteiger partial charge is 0.249 e. The summed E-state index contributed by atoms with van der Waals surface area (Å²) < 4.78 is 0. The van der Waals surface area contributed by atoms with E-state index >= 15 is 0 Å². The summed E-state index contributed by atoms with van der Waals surface area (Å²) in [6, 6.07) is -0.982. The molecule has 72 heavy (non-hydrogen) atoms. The number of rotatable bonds is 63. The third-order valence-electron chi connectivity index (χ3n) is 16.3. The highest BCUT2D eigenvalue weighted by Gasteiger charge is 2.28. The van der Waals surface area contributed by atoms with Gasteiger partial charge in [0.1, 0.15) is 12.2 Å². The topological polar surface area (TPSA) is 110 Å². The number of carbonyl (C=O) groups is 1. The standard InChI is InChI=1S/C66H133NO5/c1-3-5-7-9-11-13-15-17-19-21-23-25-27-29-31-33-35-37-39-41-43-45-47-49-51-53-55-57-59-63(69)65(71)62(61-68)67-66(72)64(70)60-58-56-54-52-50-48-46-44-42-40-38-36-34-32-30-28-26-24-22-20-18-16-14-12-10-8-6-4-2/h62-65,68-71H,3-61H2,1-2H3,(H,67,72). The molecule has 0 saturated carbocycles. The van der Waals surface area contributed by atoms with Gasteiger partial charge in [-0.2, -0.15) is 0 Å². The highest BCUT2D eigenvalue weighted by atomic mass is 16.3. The van der Waals surface area contributed by atoms with Gasteiger partial charge in [-0.25, -0.2) is 0 Å². The van der Waals surface area contributed by atoms with Crippen molar-refractivity contribution in [3.8, 4) is 0 Å². The summed E-state index contributed by atoms with van der Waals surface area (Å²) in [6.07, 6.45) is 73.6. The van der Waals surface area contributed by atoms with Gasteiger partial charge in [-0.1, -0.05) is 373 Å². The lowest BCUT2D eigenvalue weighted by molar-refractivity contribution is -0.132. The first kappa shape index (κ1) is 71.3. The lowest BCUT2D eigenvalue weighted by Gasteiger charge is -2.27. The Bertz CT molecular complexity index is 1010. The zero-order valence-electron chi connectivity index (χ0n) is 49.2. The van der Waals surface area contributed by atoms with Crippen LogP contribution in [0.5, 0.6) is 0 Å². The summed E-state index contributed by atoms with van der Waals surface area (Å²) in [7, 11) is 0. The maximum absolute atomic E-state index is 12.6. The predicted molar refractivity (Wildman–Crippen MR) is 316 cm³/mol. The monoisotopic (exact) mass is 1020 g/mol. The maximum atomic E-state index is 12.6. The number of hydrogen-bond donors (Lipinski definition) is 5. The molecular formula is C66H133NO5. The van der Waals surface area contributed by atoms with Crippen molar-refractivity contribution < 1.29 is 25.2 Å². The van der Waals surface area contributed by atoms with Crippen molar-refractivity contribution in [3.63, 3.8) is 0 Å². The molecule has 0 spiro atoms. The highest BCUT2D eigenvalue weighted by molar-refractivity contribution is 5.80. The van der Waals surface area contributed by atoms with E-state index in [1.807, 2.05) is 0 Å². The molecule has 432 valence electrons. The zero-order chi connectivity index (χ0) is 52.3. The van der Waals surface area contributed by atoms with E-state index in [0.717, 1.165) is 38.5 Å². The van der Waals surface area contributed by atoms with Gasteiger partial charge in [0, 0.05) is 0 Å². The molecule has 0 aliphatic heterocycles. The first-order chi connectivity index (χ1) is 35.5. The summed E-state index contributed by atoms with van der Waals surface area (Å²) in [5, 5.41) is 44.2. The number of amides is 1. The van der Waals surface area contributed by atoms with E-state index in [1.54, 1.807) is 0 Å². The van der Waals surface area contributed by atoms with E-state index < -0.39 is 36.9 Å². The van der Waals surface area contributed by atoms with Gasteiger partial charge >= 0.3 is 0 Å². The average Bonchev–Trinajstić information content (AvgIpc) is 3.39. The van der Waals surface area contributed by atoms with Crippen LogP contribution in [0.15, 0.2) is 0 Å². The Morgan fingerprint density at radius 2 is 0.472 bits per heavy atom. The average molecular weight is 1020 g/mol. The number of unbranched alkanes of at least 4 members (excludes halogenated alkanes) is 54. The molecule has 6 heteroatoms. The van der Waals surface area contributed by atoms with Gasteiger partial charge in [0.2, 0.25) is 5.91 Å². The van der Waals surface area contributed by atoms with Crippen molar-refractivity contribution in [1.29, 1.82) is 0 Å². The van der Waals surface area contributed by atoms with Crippen molar-refractivity contribution in [2.75, 3.05) is 6.61 Å². The first-order valence-corrected chi connectivity index (χ1v) is 33.4. The summed E-state index contributed by atoms with van der Waals surface area (Å²) >= 11 is 0. The molecule has 0 fully saturated rings. The number of aliphatic hydroxyl groups is 4. The van der Waals surface area contributed by atoms with E-state index in [9.17, 15) is 25.2 Å². The van der Waals surface area contributed by atoms with Crippen LogP contribution in [0.25, 0.3) is 0 Å². The van der Waals surface area contributed by atoms with Gasteiger partial charge in [0.25, 0.3) is 0 Å². The molecule has 5 N–H and O–H groups in total. The minimum Gasteiger partial charge on any atom is -0.394 e. The van der Waals surface area contributed by atoms with Crippen molar-refractivity contribution in [3.05, 3.63) is 0 Å². The van der Waals surface area contributed by atoms with Gasteiger partial charge < -0.3 is 25.7 Å². The summed E-state index contributed by atoms with van der Waals surface area (Å²) in [5.41, 5.74) is 0. The van der Waals surface area contributed by atoms with Gasteiger partial charge in [0.15, 0.2) is 0 Å². The summed E-state index contributed by atoms with van der Waals surface area (Å²) in [4.78, 5) is 12.6. The third-order valence-corrected chi connectivity index (χ3v) is 16.3. The van der Waals surface area contributed by atoms with Gasteiger partial charge in [-0.3, -0.25) is 4.79 Å². The van der Waals surface area contributed by atoms with E-state index in [1.165, 1.54) is 321 Å². The van der Waals surface area contributed by atoms with Crippen molar-refractivity contribution in [1.82, 2.24) is 5.32 Å². The third kappa shape index (κ3) is 54.1. The van der Waals surface area contributed by atoms with E-state index in [4.69, 9.17) is 0 Å². The second-order valence-corrected chi connectivity index (χ2v) is 23.5. The van der Waals surface area contributed by atoms with E-state index in [-0.39, 0.29) is 0 Å². The van der Waals surface area contributed by atoms with E-state index in [2.05, 4.69) is 19.2 Å². The molecule has 0 aromatic rings. The van der Waals surface area contributed by atoms with Crippen LogP contribution in [0.3, 0.4) is 0 Å². The molecule has 0 aromatic heterocycles. The van der Waals surface area contributed by atoms with Crippen LogP contribution in [0, 0.1) is 0 Å². The fraction of sp³-hybridized carbons (Fsp3) is 0.985. The van der Waals surface area contributed by atoms with Crippen LogP contribution in [0.1, 0.15) is 386 Å². The molecule has 0 aliphatic carbocycles. The molecule has 0 saturated heterocycles. The molecular weight excluding hydrogens is 887 g/mol. The van der Waals surface area contributed by atoms with Gasteiger partial charge in [-0.05, 0) is 12.8 Å². The maximum Gasteiger partial charge on any atom is 0.249 e. The molecule has 0 rings (SSSR count). The molecule has 6 nitrogen and oxygen atoms in total. The molecule has 0 bridgehead atoms. The quantitative estimate of drug-likeness (QED) is 0.0390. The van der Waals surface area contributed by atoms with Crippen molar-refractivity contribution >= 4 is 5.91 Å². The molecule has 1 amide bonds. The number of nitrogens with one attached hydrogen (secondary N) is 1. The minimum absolute atomic E-state index is 0.377. The lowest BCUT2D eigenvalue weighted by atomic mass is 9.99. The van der Waals surface area contributed by atoms with E-state index in [0.29, 0.717) is 12.8 Å². The second-order valence-electron chi connectivity index (χ2n) is 23.5. The Balaban J connectivity index is 3.52.